The number of rotatable bonds is 6. The van der Waals surface area contributed by atoms with Gasteiger partial charge >= 0.3 is 0 Å². The number of nitro groups is 1. The third-order valence-corrected chi connectivity index (χ3v) is 4.56. The second-order valence-corrected chi connectivity index (χ2v) is 6.10. The third kappa shape index (κ3) is 3.92. The van der Waals surface area contributed by atoms with Gasteiger partial charge in [-0.3, -0.25) is 19.8 Å². The summed E-state index contributed by atoms with van der Waals surface area (Å²) in [6.07, 6.45) is 1.61. The summed E-state index contributed by atoms with van der Waals surface area (Å²) in [6.45, 7) is 4.69. The van der Waals surface area contributed by atoms with Crippen molar-refractivity contribution in [2.45, 2.75) is 13.0 Å². The molecule has 0 radical (unpaired) electrons. The van der Waals surface area contributed by atoms with Crippen molar-refractivity contribution in [3.63, 3.8) is 0 Å². The molecule has 3 rings (SSSR count). The van der Waals surface area contributed by atoms with Crippen LogP contribution in [0.15, 0.2) is 41.0 Å². The Kier molecular flexibility index (Phi) is 5.65. The standard InChI is InChI=1S/C18H21N3O5/c1-13-14(4-2-5-15(13)21(23)24)18(22)19-12-16(17-6-3-9-26-17)20-7-10-25-11-8-20/h2-6,9,16H,7-8,10-12H2,1H3,(H,19,22). The molecule has 1 N–H and O–H groups in total. The van der Waals surface area contributed by atoms with Gasteiger partial charge in [-0.25, -0.2) is 0 Å². The number of nitrogens with one attached hydrogen (secondary N) is 1. The summed E-state index contributed by atoms with van der Waals surface area (Å²) in [7, 11) is 0. The van der Waals surface area contributed by atoms with Crippen LogP contribution < -0.4 is 5.32 Å². The lowest BCUT2D eigenvalue weighted by atomic mass is 10.1. The number of ether oxygens (including phenoxy) is 1. The minimum absolute atomic E-state index is 0.0617. The van der Waals surface area contributed by atoms with Crippen molar-refractivity contribution >= 4 is 11.6 Å². The Bertz CT molecular complexity index is 769. The Labute approximate surface area is 150 Å². The molecule has 1 amide bonds. The van der Waals surface area contributed by atoms with Gasteiger partial charge in [0.25, 0.3) is 11.6 Å². The number of benzene rings is 1. The number of carbonyl (C=O) groups is 1. The number of morpholine rings is 1. The van der Waals surface area contributed by atoms with Gasteiger partial charge in [0.05, 0.1) is 30.4 Å². The van der Waals surface area contributed by atoms with Crippen molar-refractivity contribution in [2.24, 2.45) is 0 Å². The molecule has 1 saturated heterocycles. The summed E-state index contributed by atoms with van der Waals surface area (Å²) in [5.74, 6) is 0.430. The highest BCUT2D eigenvalue weighted by Gasteiger charge is 2.26. The van der Waals surface area contributed by atoms with E-state index in [0.29, 0.717) is 30.9 Å². The zero-order valence-corrected chi connectivity index (χ0v) is 14.5. The second-order valence-electron chi connectivity index (χ2n) is 6.10. The highest BCUT2D eigenvalue weighted by molar-refractivity contribution is 5.96. The SMILES string of the molecule is Cc1c(C(=O)NCC(c2ccco2)N2CCOCC2)cccc1[N+](=O)[O-]. The molecule has 2 heterocycles. The molecule has 1 aromatic heterocycles. The first kappa shape index (κ1) is 18.1. The van der Waals surface area contributed by atoms with E-state index in [1.807, 2.05) is 12.1 Å². The Hall–Kier alpha value is -2.71. The second kappa shape index (κ2) is 8.11. The fourth-order valence-electron chi connectivity index (χ4n) is 3.13. The lowest BCUT2D eigenvalue weighted by molar-refractivity contribution is -0.385. The van der Waals surface area contributed by atoms with Crippen LogP contribution in [0, 0.1) is 17.0 Å². The molecule has 0 saturated carbocycles. The van der Waals surface area contributed by atoms with Crippen LogP contribution in [0.4, 0.5) is 5.69 Å². The Morgan fingerprint density at radius 2 is 2.08 bits per heavy atom. The lowest BCUT2D eigenvalue weighted by Crippen LogP contribution is -2.43. The zero-order chi connectivity index (χ0) is 18.5. The summed E-state index contributed by atoms with van der Waals surface area (Å²) >= 11 is 0. The molecule has 1 aliphatic heterocycles. The molecule has 138 valence electrons. The summed E-state index contributed by atoms with van der Waals surface area (Å²) in [5, 5.41) is 14.0. The van der Waals surface area contributed by atoms with Gasteiger partial charge in [0, 0.05) is 36.8 Å². The highest BCUT2D eigenvalue weighted by Crippen LogP contribution is 2.23. The predicted molar refractivity (Wildman–Crippen MR) is 94.0 cm³/mol. The van der Waals surface area contributed by atoms with E-state index in [1.54, 1.807) is 19.3 Å². The Morgan fingerprint density at radius 3 is 2.73 bits per heavy atom. The summed E-state index contributed by atoms with van der Waals surface area (Å²) in [4.78, 5) is 25.4. The molecule has 0 bridgehead atoms. The maximum absolute atomic E-state index is 12.6. The van der Waals surface area contributed by atoms with Crippen molar-refractivity contribution in [2.75, 3.05) is 32.8 Å². The molecular weight excluding hydrogens is 338 g/mol. The first-order chi connectivity index (χ1) is 12.6. The van der Waals surface area contributed by atoms with Gasteiger partial charge < -0.3 is 14.5 Å². The number of carbonyl (C=O) groups excluding carboxylic acids is 1. The summed E-state index contributed by atoms with van der Waals surface area (Å²) < 4.78 is 10.9. The third-order valence-electron chi connectivity index (χ3n) is 4.56. The van der Waals surface area contributed by atoms with E-state index in [4.69, 9.17) is 9.15 Å². The van der Waals surface area contributed by atoms with E-state index in [1.165, 1.54) is 12.1 Å². The van der Waals surface area contributed by atoms with Crippen molar-refractivity contribution in [1.82, 2.24) is 10.2 Å². The van der Waals surface area contributed by atoms with Crippen LogP contribution in [0.5, 0.6) is 0 Å². The van der Waals surface area contributed by atoms with E-state index in [9.17, 15) is 14.9 Å². The van der Waals surface area contributed by atoms with Crippen molar-refractivity contribution in [1.29, 1.82) is 0 Å². The molecule has 1 aliphatic rings. The molecule has 8 heteroatoms. The fourth-order valence-corrected chi connectivity index (χ4v) is 3.13. The van der Waals surface area contributed by atoms with E-state index >= 15 is 0 Å². The molecule has 8 nitrogen and oxygen atoms in total. The zero-order valence-electron chi connectivity index (χ0n) is 14.5. The van der Waals surface area contributed by atoms with Crippen LogP contribution in [0.2, 0.25) is 0 Å². The normalized spacial score (nSPS) is 16.2. The molecule has 1 fully saturated rings. The molecule has 26 heavy (non-hydrogen) atoms. The molecule has 1 unspecified atom stereocenters. The lowest BCUT2D eigenvalue weighted by Gasteiger charge is -2.33. The summed E-state index contributed by atoms with van der Waals surface area (Å²) in [6, 6.07) is 8.09. The number of furan rings is 1. The van der Waals surface area contributed by atoms with E-state index < -0.39 is 4.92 Å². The molecule has 1 aromatic carbocycles. The molecule has 0 aliphatic carbocycles. The van der Waals surface area contributed by atoms with Crippen molar-refractivity contribution < 1.29 is 18.9 Å². The van der Waals surface area contributed by atoms with Crippen LogP contribution in [-0.2, 0) is 4.74 Å². The first-order valence-electron chi connectivity index (χ1n) is 8.45. The Balaban J connectivity index is 1.74. The number of hydrogen-bond donors (Lipinski definition) is 1. The monoisotopic (exact) mass is 359 g/mol. The minimum atomic E-state index is -0.481. The van der Waals surface area contributed by atoms with E-state index in [2.05, 4.69) is 10.2 Å². The predicted octanol–water partition coefficient (Wildman–Crippen LogP) is 2.30. The van der Waals surface area contributed by atoms with Crippen LogP contribution in [-0.4, -0.2) is 48.6 Å². The van der Waals surface area contributed by atoms with Crippen molar-refractivity contribution in [3.8, 4) is 0 Å². The molecule has 0 spiro atoms. The fraction of sp³-hybridized carbons (Fsp3) is 0.389. The smallest absolute Gasteiger partial charge is 0.273 e. The van der Waals surface area contributed by atoms with Gasteiger partial charge in [-0.1, -0.05) is 6.07 Å². The maximum Gasteiger partial charge on any atom is 0.273 e. The number of nitrogens with zero attached hydrogens (tertiary/aromatic N) is 2. The van der Waals surface area contributed by atoms with E-state index in [-0.39, 0.29) is 17.6 Å². The largest absolute Gasteiger partial charge is 0.468 e. The number of hydrogen-bond acceptors (Lipinski definition) is 6. The molecular formula is C18H21N3O5. The summed E-state index contributed by atoms with van der Waals surface area (Å²) in [5.41, 5.74) is 0.601. The number of nitro benzene ring substituents is 1. The first-order valence-corrected chi connectivity index (χ1v) is 8.45. The van der Waals surface area contributed by atoms with Crippen LogP contribution >= 0.6 is 0 Å². The molecule has 1 atom stereocenters. The quantitative estimate of drug-likeness (QED) is 0.628. The van der Waals surface area contributed by atoms with Crippen LogP contribution in [0.25, 0.3) is 0 Å². The van der Waals surface area contributed by atoms with Gasteiger partial charge in [-0.2, -0.15) is 0 Å². The van der Waals surface area contributed by atoms with E-state index in [0.717, 1.165) is 18.8 Å². The van der Waals surface area contributed by atoms with Gasteiger partial charge in [0.2, 0.25) is 0 Å². The molecule has 2 aromatic rings. The van der Waals surface area contributed by atoms with Gasteiger partial charge in [-0.15, -0.1) is 0 Å². The van der Waals surface area contributed by atoms with Gasteiger partial charge in [0.15, 0.2) is 0 Å². The Morgan fingerprint density at radius 1 is 1.31 bits per heavy atom. The number of amides is 1. The average molecular weight is 359 g/mol. The van der Waals surface area contributed by atoms with Crippen LogP contribution in [0.1, 0.15) is 27.7 Å². The van der Waals surface area contributed by atoms with Gasteiger partial charge in [0.1, 0.15) is 5.76 Å². The van der Waals surface area contributed by atoms with Gasteiger partial charge in [-0.05, 0) is 25.1 Å². The topological polar surface area (TPSA) is 97.9 Å². The minimum Gasteiger partial charge on any atom is -0.468 e. The average Bonchev–Trinajstić information content (AvgIpc) is 3.17. The maximum atomic E-state index is 12.6. The van der Waals surface area contributed by atoms with Crippen LogP contribution in [0.3, 0.4) is 0 Å². The highest BCUT2D eigenvalue weighted by atomic mass is 16.6. The van der Waals surface area contributed by atoms with Crippen molar-refractivity contribution in [3.05, 3.63) is 63.6 Å².